The van der Waals surface area contributed by atoms with Gasteiger partial charge in [0.2, 0.25) is 0 Å². The van der Waals surface area contributed by atoms with Gasteiger partial charge in [-0.1, -0.05) is 6.58 Å². The molecule has 1 fully saturated rings. The number of rotatable bonds is 1. The Balaban J connectivity index is 2.62. The molecule has 1 rings (SSSR count). The Hall–Kier alpha value is -0.380. The summed E-state index contributed by atoms with van der Waals surface area (Å²) in [5.41, 5.74) is 0.579. The molecule has 0 aromatic rings. The molecule has 1 unspecified atom stereocenters. The van der Waals surface area contributed by atoms with Crippen molar-refractivity contribution in [1.29, 1.82) is 0 Å². The minimum Gasteiger partial charge on any atom is -0.393 e. The van der Waals surface area contributed by atoms with Crippen LogP contribution >= 0.6 is 0 Å². The summed E-state index contributed by atoms with van der Waals surface area (Å²) < 4.78 is 5.14. The van der Waals surface area contributed by atoms with Crippen LogP contribution in [0.1, 0.15) is 6.92 Å². The second-order valence-electron chi connectivity index (χ2n) is 2.53. The summed E-state index contributed by atoms with van der Waals surface area (Å²) in [6.45, 7) is 5.26. The van der Waals surface area contributed by atoms with E-state index in [2.05, 4.69) is 6.58 Å². The minimum absolute atomic E-state index is 0.0970. The van der Waals surface area contributed by atoms with Crippen molar-refractivity contribution in [3.8, 4) is 0 Å². The van der Waals surface area contributed by atoms with Gasteiger partial charge in [-0.2, -0.15) is 0 Å². The molecule has 0 spiro atoms. The normalized spacial score (nSPS) is 40.7. The molecule has 3 atom stereocenters. The summed E-state index contributed by atoms with van der Waals surface area (Å²) in [5.74, 6) is 0. The van der Waals surface area contributed by atoms with E-state index in [4.69, 9.17) is 9.84 Å². The second-order valence-corrected chi connectivity index (χ2v) is 2.53. The lowest BCUT2D eigenvalue weighted by atomic mass is 10.1. The molecule has 1 heterocycles. The molecule has 0 radical (unpaired) electrons. The van der Waals surface area contributed by atoms with E-state index in [0.29, 0.717) is 5.57 Å². The predicted octanol–water partition coefficient (Wildman–Crippen LogP) is -0.317. The fourth-order valence-corrected chi connectivity index (χ4v) is 1.07. The van der Waals surface area contributed by atoms with Crippen LogP contribution in [0.15, 0.2) is 12.2 Å². The average molecular weight is 144 g/mol. The quantitative estimate of drug-likeness (QED) is 0.496. The van der Waals surface area contributed by atoms with E-state index in [1.165, 1.54) is 0 Å². The number of aliphatic hydroxyl groups is 2. The molecule has 0 bridgehead atoms. The monoisotopic (exact) mass is 144 g/mol. The van der Waals surface area contributed by atoms with Gasteiger partial charge in [0, 0.05) is 0 Å². The first-order valence-electron chi connectivity index (χ1n) is 3.30. The average Bonchev–Trinajstić information content (AvgIpc) is 2.17. The van der Waals surface area contributed by atoms with Crippen LogP contribution in [-0.4, -0.2) is 35.1 Å². The van der Waals surface area contributed by atoms with Crippen LogP contribution in [-0.2, 0) is 4.74 Å². The Kier molecular flexibility index (Phi) is 2.08. The van der Waals surface area contributed by atoms with Gasteiger partial charge >= 0.3 is 0 Å². The van der Waals surface area contributed by atoms with Crippen LogP contribution < -0.4 is 0 Å². The summed E-state index contributed by atoms with van der Waals surface area (Å²) in [6.07, 6.45) is -1.22. The van der Waals surface area contributed by atoms with Gasteiger partial charge in [-0.25, -0.2) is 0 Å². The van der Waals surface area contributed by atoms with E-state index >= 15 is 0 Å². The fourth-order valence-electron chi connectivity index (χ4n) is 1.07. The van der Waals surface area contributed by atoms with Gasteiger partial charge in [0.1, 0.15) is 12.2 Å². The summed E-state index contributed by atoms with van der Waals surface area (Å²) in [6, 6.07) is 0. The molecule has 3 nitrogen and oxygen atoms in total. The zero-order chi connectivity index (χ0) is 7.72. The maximum absolute atomic E-state index is 9.23. The molecular weight excluding hydrogens is 132 g/mol. The molecule has 0 aromatic carbocycles. The van der Waals surface area contributed by atoms with Crippen LogP contribution in [0, 0.1) is 0 Å². The molecule has 58 valence electrons. The largest absolute Gasteiger partial charge is 0.393 e. The van der Waals surface area contributed by atoms with Crippen molar-refractivity contribution in [3.05, 3.63) is 12.2 Å². The number of aliphatic hydroxyl groups excluding tert-OH is 2. The van der Waals surface area contributed by atoms with Gasteiger partial charge in [-0.05, 0) is 12.5 Å². The molecule has 10 heavy (non-hydrogen) atoms. The third-order valence-electron chi connectivity index (χ3n) is 1.78. The third-order valence-corrected chi connectivity index (χ3v) is 1.78. The van der Waals surface area contributed by atoms with Gasteiger partial charge in [0.25, 0.3) is 0 Å². The summed E-state index contributed by atoms with van der Waals surface area (Å²) in [7, 11) is 0. The molecule has 2 N–H and O–H groups in total. The van der Waals surface area contributed by atoms with Crippen molar-refractivity contribution in [3.63, 3.8) is 0 Å². The Morgan fingerprint density at radius 2 is 2.30 bits per heavy atom. The van der Waals surface area contributed by atoms with Crippen molar-refractivity contribution >= 4 is 0 Å². The first-order chi connectivity index (χ1) is 4.66. The van der Waals surface area contributed by atoms with Crippen molar-refractivity contribution in [1.82, 2.24) is 0 Å². The van der Waals surface area contributed by atoms with Crippen LogP contribution in [0.4, 0.5) is 0 Å². The molecule has 0 aromatic heterocycles. The molecule has 3 heteroatoms. The number of ether oxygens (including phenoxy) is 1. The highest BCUT2D eigenvalue weighted by atomic mass is 16.5. The fraction of sp³-hybridized carbons (Fsp3) is 0.714. The lowest BCUT2D eigenvalue weighted by Crippen LogP contribution is -2.17. The van der Waals surface area contributed by atoms with Crippen LogP contribution in [0.25, 0.3) is 0 Å². The zero-order valence-electron chi connectivity index (χ0n) is 5.95. The van der Waals surface area contributed by atoms with E-state index in [9.17, 15) is 5.11 Å². The first kappa shape index (κ1) is 7.72. The number of hydrogen-bond acceptors (Lipinski definition) is 3. The first-order valence-corrected chi connectivity index (χ1v) is 3.30. The Labute approximate surface area is 59.9 Å². The maximum Gasteiger partial charge on any atom is 0.104 e. The highest BCUT2D eigenvalue weighted by molar-refractivity contribution is 5.15. The van der Waals surface area contributed by atoms with Crippen molar-refractivity contribution < 1.29 is 14.9 Å². The lowest BCUT2D eigenvalue weighted by molar-refractivity contribution is 0.00194. The Morgan fingerprint density at radius 3 is 2.50 bits per heavy atom. The summed E-state index contributed by atoms with van der Waals surface area (Å²) in [4.78, 5) is 0. The van der Waals surface area contributed by atoms with Crippen molar-refractivity contribution in [2.75, 3.05) is 6.61 Å². The standard InChI is InChI=1S/C7H12O3/c1-4-6(3-8)10-5(2)7(4)9/h5-9H,1,3H2,2H3/t5-,6+,7?/m0/s1. The van der Waals surface area contributed by atoms with E-state index < -0.39 is 6.10 Å². The molecule has 0 amide bonds. The Bertz CT molecular complexity index is 144. The smallest absolute Gasteiger partial charge is 0.104 e. The molecule has 1 aliphatic rings. The SMILES string of the molecule is C=C1C(O)[C@H](C)O[C@@H]1CO. The lowest BCUT2D eigenvalue weighted by Gasteiger charge is -2.05. The van der Waals surface area contributed by atoms with Crippen molar-refractivity contribution in [2.24, 2.45) is 0 Å². The van der Waals surface area contributed by atoms with Gasteiger partial charge in [0.15, 0.2) is 0 Å². The maximum atomic E-state index is 9.23. The van der Waals surface area contributed by atoms with E-state index in [0.717, 1.165) is 0 Å². The van der Waals surface area contributed by atoms with Gasteiger partial charge in [-0.15, -0.1) is 0 Å². The third kappa shape index (κ3) is 1.08. The predicted molar refractivity (Wildman–Crippen MR) is 36.6 cm³/mol. The molecular formula is C7H12O3. The van der Waals surface area contributed by atoms with Crippen LogP contribution in [0.2, 0.25) is 0 Å². The Morgan fingerprint density at radius 1 is 1.70 bits per heavy atom. The highest BCUT2D eigenvalue weighted by Crippen LogP contribution is 2.23. The van der Waals surface area contributed by atoms with Crippen molar-refractivity contribution in [2.45, 2.75) is 25.2 Å². The van der Waals surface area contributed by atoms with E-state index in [1.807, 2.05) is 0 Å². The zero-order valence-corrected chi connectivity index (χ0v) is 5.95. The van der Waals surface area contributed by atoms with Crippen LogP contribution in [0.5, 0.6) is 0 Å². The molecule has 1 saturated heterocycles. The second kappa shape index (κ2) is 2.70. The molecule has 1 aliphatic heterocycles. The van der Waals surface area contributed by atoms with Gasteiger partial charge in [0.05, 0.1) is 12.7 Å². The van der Waals surface area contributed by atoms with Gasteiger partial charge < -0.3 is 14.9 Å². The van der Waals surface area contributed by atoms with Crippen LogP contribution in [0.3, 0.4) is 0 Å². The summed E-state index contributed by atoms with van der Waals surface area (Å²) in [5, 5.41) is 17.9. The molecule has 0 saturated carbocycles. The minimum atomic E-state index is -0.614. The number of hydrogen-bond donors (Lipinski definition) is 2. The molecule has 0 aliphatic carbocycles. The topological polar surface area (TPSA) is 49.7 Å². The van der Waals surface area contributed by atoms with E-state index in [-0.39, 0.29) is 18.8 Å². The highest BCUT2D eigenvalue weighted by Gasteiger charge is 2.33. The van der Waals surface area contributed by atoms with Gasteiger partial charge in [-0.3, -0.25) is 0 Å². The summed E-state index contributed by atoms with van der Waals surface area (Å²) >= 11 is 0. The van der Waals surface area contributed by atoms with E-state index in [1.54, 1.807) is 6.92 Å².